The van der Waals surface area contributed by atoms with Gasteiger partial charge < -0.3 is 4.90 Å². The Balaban J connectivity index is 2.15. The van der Waals surface area contributed by atoms with Crippen LogP contribution in [0.2, 0.25) is 0 Å². The number of hydroxylamine groups is 2. The Bertz CT molecular complexity index is 423. The van der Waals surface area contributed by atoms with E-state index in [2.05, 4.69) is 17.0 Å². The third-order valence-electron chi connectivity index (χ3n) is 2.88. The molecule has 0 fully saturated rings. The number of allylic oxidation sites excluding steroid dienone is 2. The van der Waals surface area contributed by atoms with Gasteiger partial charge in [-0.05, 0) is 19.4 Å². The molecule has 0 aliphatic carbocycles. The summed E-state index contributed by atoms with van der Waals surface area (Å²) < 4.78 is 0. The van der Waals surface area contributed by atoms with Gasteiger partial charge in [0.05, 0.1) is 5.70 Å². The Labute approximate surface area is 95.9 Å². The zero-order valence-electron chi connectivity index (χ0n) is 9.59. The lowest BCUT2D eigenvalue weighted by molar-refractivity contribution is -0.0122. The van der Waals surface area contributed by atoms with Crippen molar-refractivity contribution in [3.63, 3.8) is 0 Å². The molecular formula is C13H16N2O. The molecule has 0 saturated carbocycles. The van der Waals surface area contributed by atoms with E-state index in [0.29, 0.717) is 0 Å². The summed E-state index contributed by atoms with van der Waals surface area (Å²) in [6.45, 7) is 4.73. The first-order chi connectivity index (χ1) is 7.68. The number of hydrogen-bond acceptors (Lipinski definition) is 3. The smallest absolute Gasteiger partial charge is 0.0621 e. The fraction of sp³-hybridized carbons (Fsp3) is 0.231. The number of nitrogens with zero attached hydrogens (tertiary/aromatic N) is 2. The molecule has 0 atom stereocenters. The summed E-state index contributed by atoms with van der Waals surface area (Å²) in [5, 5.41) is 10.6. The van der Waals surface area contributed by atoms with Crippen LogP contribution >= 0.6 is 0 Å². The van der Waals surface area contributed by atoms with Gasteiger partial charge in [-0.15, -0.1) is 0 Å². The van der Waals surface area contributed by atoms with Gasteiger partial charge in [-0.2, -0.15) is 0 Å². The molecule has 0 bridgehead atoms. The van der Waals surface area contributed by atoms with Crippen molar-refractivity contribution < 1.29 is 5.21 Å². The molecule has 0 unspecified atom stereocenters. The minimum atomic E-state index is 0.828. The van der Waals surface area contributed by atoms with Crippen LogP contribution in [0.3, 0.4) is 0 Å². The first kappa shape index (κ1) is 10.8. The molecule has 0 amide bonds. The van der Waals surface area contributed by atoms with Gasteiger partial charge in [0.15, 0.2) is 0 Å². The fourth-order valence-corrected chi connectivity index (χ4v) is 1.69. The molecule has 0 spiro atoms. The molecule has 1 heterocycles. The highest BCUT2D eigenvalue weighted by molar-refractivity contribution is 5.20. The van der Waals surface area contributed by atoms with Gasteiger partial charge in [-0.1, -0.05) is 30.3 Å². The highest BCUT2D eigenvalue weighted by Crippen LogP contribution is 2.20. The summed E-state index contributed by atoms with van der Waals surface area (Å²) in [6.07, 6.45) is 3.54. The Kier molecular flexibility index (Phi) is 2.97. The maximum Gasteiger partial charge on any atom is 0.0621 e. The maximum absolute atomic E-state index is 9.49. The van der Waals surface area contributed by atoms with Crippen LogP contribution in [-0.4, -0.2) is 15.2 Å². The summed E-state index contributed by atoms with van der Waals surface area (Å²) >= 11 is 0. The highest BCUT2D eigenvalue weighted by atomic mass is 16.5. The lowest BCUT2D eigenvalue weighted by Gasteiger charge is -2.30. The standard InChI is InChI=1S/C13H16N2O/c1-11-12(2)15(16)9-8-14(11)10-13-6-4-3-5-7-13/h3-9,16H,10H2,1-2H3. The van der Waals surface area contributed by atoms with Crippen molar-refractivity contribution in [3.05, 3.63) is 59.7 Å². The first-order valence-electron chi connectivity index (χ1n) is 5.33. The number of hydrogen-bond donors (Lipinski definition) is 1. The average Bonchev–Trinajstić information content (AvgIpc) is 2.31. The van der Waals surface area contributed by atoms with Crippen molar-refractivity contribution in [3.8, 4) is 0 Å². The molecule has 16 heavy (non-hydrogen) atoms. The molecule has 1 aromatic rings. The van der Waals surface area contributed by atoms with E-state index in [1.807, 2.05) is 38.2 Å². The third-order valence-corrected chi connectivity index (χ3v) is 2.88. The Morgan fingerprint density at radius 2 is 1.69 bits per heavy atom. The van der Waals surface area contributed by atoms with E-state index in [4.69, 9.17) is 0 Å². The summed E-state index contributed by atoms with van der Waals surface area (Å²) in [4.78, 5) is 2.12. The van der Waals surface area contributed by atoms with E-state index < -0.39 is 0 Å². The molecule has 1 aromatic carbocycles. The van der Waals surface area contributed by atoms with Crippen molar-refractivity contribution in [2.45, 2.75) is 20.4 Å². The predicted octanol–water partition coefficient (Wildman–Crippen LogP) is 2.92. The van der Waals surface area contributed by atoms with E-state index >= 15 is 0 Å². The van der Waals surface area contributed by atoms with Crippen LogP contribution in [0.5, 0.6) is 0 Å². The molecule has 3 heteroatoms. The second kappa shape index (κ2) is 4.41. The number of rotatable bonds is 2. The van der Waals surface area contributed by atoms with Crippen molar-refractivity contribution in [1.82, 2.24) is 9.96 Å². The average molecular weight is 216 g/mol. The van der Waals surface area contributed by atoms with Crippen molar-refractivity contribution in [1.29, 1.82) is 0 Å². The van der Waals surface area contributed by atoms with E-state index in [0.717, 1.165) is 23.0 Å². The second-order valence-corrected chi connectivity index (χ2v) is 3.93. The van der Waals surface area contributed by atoms with E-state index in [1.54, 1.807) is 6.20 Å². The lowest BCUT2D eigenvalue weighted by atomic mass is 10.2. The quantitative estimate of drug-likeness (QED) is 0.823. The molecule has 0 radical (unpaired) electrons. The van der Waals surface area contributed by atoms with Gasteiger partial charge in [0.1, 0.15) is 0 Å². The second-order valence-electron chi connectivity index (χ2n) is 3.93. The van der Waals surface area contributed by atoms with Crippen LogP contribution in [0.4, 0.5) is 0 Å². The van der Waals surface area contributed by atoms with Gasteiger partial charge in [-0.3, -0.25) is 5.21 Å². The van der Waals surface area contributed by atoms with Crippen LogP contribution in [0, 0.1) is 0 Å². The van der Waals surface area contributed by atoms with Crippen LogP contribution in [0.25, 0.3) is 0 Å². The van der Waals surface area contributed by atoms with Gasteiger partial charge in [-0.25, -0.2) is 5.06 Å². The van der Waals surface area contributed by atoms with Crippen LogP contribution in [0.1, 0.15) is 19.4 Å². The zero-order valence-corrected chi connectivity index (χ0v) is 9.59. The van der Waals surface area contributed by atoms with E-state index in [-0.39, 0.29) is 0 Å². The van der Waals surface area contributed by atoms with Crippen LogP contribution in [0.15, 0.2) is 54.1 Å². The fourth-order valence-electron chi connectivity index (χ4n) is 1.69. The van der Waals surface area contributed by atoms with Crippen molar-refractivity contribution >= 4 is 0 Å². The minimum Gasteiger partial charge on any atom is -0.344 e. The van der Waals surface area contributed by atoms with Crippen LogP contribution in [-0.2, 0) is 6.54 Å². The Morgan fingerprint density at radius 1 is 1.00 bits per heavy atom. The summed E-state index contributed by atoms with van der Waals surface area (Å²) in [7, 11) is 0. The molecular weight excluding hydrogens is 200 g/mol. The first-order valence-corrected chi connectivity index (χ1v) is 5.33. The summed E-state index contributed by atoms with van der Waals surface area (Å²) in [5.74, 6) is 0. The molecule has 1 aliphatic rings. The lowest BCUT2D eigenvalue weighted by Crippen LogP contribution is -2.25. The van der Waals surface area contributed by atoms with Gasteiger partial charge in [0.25, 0.3) is 0 Å². The largest absolute Gasteiger partial charge is 0.344 e. The molecule has 1 aliphatic heterocycles. The maximum atomic E-state index is 9.49. The Morgan fingerprint density at radius 3 is 2.38 bits per heavy atom. The molecule has 1 N–H and O–H groups in total. The molecule has 3 nitrogen and oxygen atoms in total. The topological polar surface area (TPSA) is 26.7 Å². The van der Waals surface area contributed by atoms with Crippen molar-refractivity contribution in [2.24, 2.45) is 0 Å². The van der Waals surface area contributed by atoms with Crippen molar-refractivity contribution in [2.75, 3.05) is 0 Å². The van der Waals surface area contributed by atoms with Crippen LogP contribution < -0.4 is 0 Å². The Hall–Kier alpha value is -1.74. The molecule has 2 rings (SSSR count). The van der Waals surface area contributed by atoms with Gasteiger partial charge in [0, 0.05) is 24.6 Å². The van der Waals surface area contributed by atoms with Gasteiger partial charge >= 0.3 is 0 Å². The molecule has 0 aromatic heterocycles. The zero-order chi connectivity index (χ0) is 11.5. The summed E-state index contributed by atoms with van der Waals surface area (Å²) in [6, 6.07) is 10.3. The number of benzene rings is 1. The minimum absolute atomic E-state index is 0.828. The third kappa shape index (κ3) is 2.09. The predicted molar refractivity (Wildman–Crippen MR) is 63.1 cm³/mol. The van der Waals surface area contributed by atoms with Gasteiger partial charge in [0.2, 0.25) is 0 Å². The highest BCUT2D eigenvalue weighted by Gasteiger charge is 2.13. The summed E-state index contributed by atoms with van der Waals surface area (Å²) in [5.41, 5.74) is 3.18. The molecule has 0 saturated heterocycles. The monoisotopic (exact) mass is 216 g/mol. The normalized spacial score (nSPS) is 15.9. The SMILES string of the molecule is CC1=C(C)N(Cc2ccccc2)C=CN1O. The molecule has 84 valence electrons. The van der Waals surface area contributed by atoms with E-state index in [1.165, 1.54) is 5.56 Å². The van der Waals surface area contributed by atoms with E-state index in [9.17, 15) is 5.21 Å².